The first kappa shape index (κ1) is 17.8. The summed E-state index contributed by atoms with van der Waals surface area (Å²) in [5.74, 6) is 0.534. The molecule has 0 aliphatic heterocycles. The summed E-state index contributed by atoms with van der Waals surface area (Å²) in [5.41, 5.74) is 2.13. The van der Waals surface area contributed by atoms with E-state index in [0.717, 1.165) is 5.75 Å². The molecule has 1 aromatic rings. The molecule has 0 saturated heterocycles. The number of esters is 1. The fraction of sp³-hybridized carbons (Fsp3) is 0.588. The molecule has 0 atom stereocenters. The van der Waals surface area contributed by atoms with Crippen molar-refractivity contribution in [2.75, 3.05) is 7.11 Å². The molecular formula is C17H28O3Si. The fourth-order valence-corrected chi connectivity index (χ4v) is 8.59. The number of carbonyl (C=O) groups is 1. The molecule has 4 heteroatoms. The first-order chi connectivity index (χ1) is 9.75. The quantitative estimate of drug-likeness (QED) is 0.546. The lowest BCUT2D eigenvalue weighted by Gasteiger charge is -2.42. The van der Waals surface area contributed by atoms with E-state index in [1.165, 1.54) is 7.11 Å². The van der Waals surface area contributed by atoms with Gasteiger partial charge in [-0.15, -0.1) is 0 Å². The van der Waals surface area contributed by atoms with Crippen molar-refractivity contribution in [3.05, 3.63) is 29.8 Å². The molecule has 0 aromatic heterocycles. The minimum atomic E-state index is -1.94. The van der Waals surface area contributed by atoms with E-state index >= 15 is 0 Å². The van der Waals surface area contributed by atoms with Crippen LogP contribution in [0.4, 0.5) is 0 Å². The highest BCUT2D eigenvalue weighted by molar-refractivity contribution is 6.78. The van der Waals surface area contributed by atoms with Crippen molar-refractivity contribution >= 4 is 14.3 Å². The SMILES string of the molecule is COC(=O)c1ccc(O[Si](C(C)C)(C(C)C)C(C)C)cc1. The van der Waals surface area contributed by atoms with E-state index in [2.05, 4.69) is 41.5 Å². The summed E-state index contributed by atoms with van der Waals surface area (Å²) in [5, 5.41) is 0. The monoisotopic (exact) mass is 308 g/mol. The summed E-state index contributed by atoms with van der Waals surface area (Å²) < 4.78 is 11.3. The van der Waals surface area contributed by atoms with Crippen LogP contribution >= 0.6 is 0 Å². The Balaban J connectivity index is 3.07. The Kier molecular flexibility index (Phi) is 6.02. The zero-order chi connectivity index (χ0) is 16.2. The number of carbonyl (C=O) groups excluding carboxylic acids is 1. The van der Waals surface area contributed by atoms with Gasteiger partial charge < -0.3 is 9.16 Å². The second-order valence-corrected chi connectivity index (χ2v) is 11.8. The van der Waals surface area contributed by atoms with E-state index < -0.39 is 8.32 Å². The van der Waals surface area contributed by atoms with Crippen LogP contribution in [0, 0.1) is 0 Å². The van der Waals surface area contributed by atoms with Gasteiger partial charge in [0.15, 0.2) is 0 Å². The van der Waals surface area contributed by atoms with Gasteiger partial charge in [-0.2, -0.15) is 0 Å². The van der Waals surface area contributed by atoms with Crippen LogP contribution in [0.15, 0.2) is 24.3 Å². The smallest absolute Gasteiger partial charge is 0.337 e. The van der Waals surface area contributed by atoms with Crippen LogP contribution in [0.1, 0.15) is 51.9 Å². The Bertz CT molecular complexity index is 442. The molecule has 0 spiro atoms. The predicted molar refractivity (Wildman–Crippen MR) is 89.5 cm³/mol. The molecule has 1 rings (SSSR count). The van der Waals surface area contributed by atoms with Crippen molar-refractivity contribution in [1.29, 1.82) is 0 Å². The van der Waals surface area contributed by atoms with E-state index in [1.807, 2.05) is 12.1 Å². The molecule has 0 unspecified atom stereocenters. The Morgan fingerprint density at radius 3 is 1.67 bits per heavy atom. The zero-order valence-corrected chi connectivity index (χ0v) is 15.3. The van der Waals surface area contributed by atoms with Crippen LogP contribution < -0.4 is 4.43 Å². The highest BCUT2D eigenvalue weighted by atomic mass is 28.4. The molecule has 0 saturated carbocycles. The minimum absolute atomic E-state index is 0.318. The molecule has 0 aliphatic rings. The molecular weight excluding hydrogens is 280 g/mol. The lowest BCUT2D eigenvalue weighted by Crippen LogP contribution is -2.50. The first-order valence-electron chi connectivity index (χ1n) is 7.63. The van der Waals surface area contributed by atoms with E-state index in [-0.39, 0.29) is 5.97 Å². The lowest BCUT2D eigenvalue weighted by atomic mass is 10.2. The summed E-state index contributed by atoms with van der Waals surface area (Å²) in [6, 6.07) is 7.28. The first-order valence-corrected chi connectivity index (χ1v) is 9.77. The van der Waals surface area contributed by atoms with E-state index in [9.17, 15) is 4.79 Å². The van der Waals surface area contributed by atoms with E-state index in [1.54, 1.807) is 12.1 Å². The summed E-state index contributed by atoms with van der Waals surface area (Å²) >= 11 is 0. The molecule has 1 aromatic carbocycles. The molecule has 118 valence electrons. The average molecular weight is 308 g/mol. The van der Waals surface area contributed by atoms with Crippen molar-refractivity contribution in [1.82, 2.24) is 0 Å². The number of benzene rings is 1. The predicted octanol–water partition coefficient (Wildman–Crippen LogP) is 5.03. The van der Waals surface area contributed by atoms with Gasteiger partial charge in [-0.3, -0.25) is 0 Å². The average Bonchev–Trinajstić information content (AvgIpc) is 2.43. The van der Waals surface area contributed by atoms with Gasteiger partial charge in [-0.05, 0) is 40.9 Å². The maximum absolute atomic E-state index is 11.5. The maximum atomic E-state index is 11.5. The van der Waals surface area contributed by atoms with Crippen molar-refractivity contribution in [2.45, 2.75) is 58.2 Å². The Labute approximate surface area is 129 Å². The van der Waals surface area contributed by atoms with Gasteiger partial charge in [0.25, 0.3) is 8.32 Å². The molecule has 0 aliphatic carbocycles. The van der Waals surface area contributed by atoms with Crippen molar-refractivity contribution in [3.8, 4) is 5.75 Å². The topological polar surface area (TPSA) is 35.5 Å². The van der Waals surface area contributed by atoms with Gasteiger partial charge in [-0.1, -0.05) is 41.5 Å². The third-order valence-corrected chi connectivity index (χ3v) is 10.3. The molecule has 0 fully saturated rings. The zero-order valence-electron chi connectivity index (χ0n) is 14.3. The number of rotatable bonds is 6. The summed E-state index contributed by atoms with van der Waals surface area (Å²) in [7, 11) is -0.548. The van der Waals surface area contributed by atoms with Gasteiger partial charge in [0.2, 0.25) is 0 Å². The highest BCUT2D eigenvalue weighted by Gasteiger charge is 2.46. The van der Waals surface area contributed by atoms with Crippen LogP contribution in [0.25, 0.3) is 0 Å². The highest BCUT2D eigenvalue weighted by Crippen LogP contribution is 2.42. The molecule has 0 N–H and O–H groups in total. The number of hydrogen-bond acceptors (Lipinski definition) is 3. The number of hydrogen-bond donors (Lipinski definition) is 0. The molecule has 0 heterocycles. The summed E-state index contributed by atoms with van der Waals surface area (Å²) in [6.45, 7) is 13.6. The second-order valence-electron chi connectivity index (χ2n) is 6.44. The normalized spacial score (nSPS) is 12.1. The number of methoxy groups -OCH3 is 1. The molecule has 21 heavy (non-hydrogen) atoms. The van der Waals surface area contributed by atoms with Gasteiger partial charge in [-0.25, -0.2) is 4.79 Å². The minimum Gasteiger partial charge on any atom is -0.543 e. The summed E-state index contributed by atoms with van der Waals surface area (Å²) in [6.07, 6.45) is 0. The van der Waals surface area contributed by atoms with Crippen molar-refractivity contribution in [3.63, 3.8) is 0 Å². The second kappa shape index (κ2) is 7.12. The Hall–Kier alpha value is -1.29. The van der Waals surface area contributed by atoms with E-state index in [4.69, 9.17) is 9.16 Å². The van der Waals surface area contributed by atoms with Crippen LogP contribution in [0.5, 0.6) is 5.75 Å². The maximum Gasteiger partial charge on any atom is 0.337 e. The van der Waals surface area contributed by atoms with Crippen LogP contribution in [0.3, 0.4) is 0 Å². The van der Waals surface area contributed by atoms with Gasteiger partial charge in [0, 0.05) is 0 Å². The number of ether oxygens (including phenoxy) is 1. The summed E-state index contributed by atoms with van der Waals surface area (Å²) in [4.78, 5) is 11.5. The fourth-order valence-electron chi connectivity index (χ4n) is 3.33. The standard InChI is InChI=1S/C17H28O3Si/c1-12(2)21(13(3)4,14(5)6)20-16-10-8-15(9-11-16)17(18)19-7/h8-14H,1-7H3. The molecule has 0 amide bonds. The van der Waals surface area contributed by atoms with Gasteiger partial charge in [0.05, 0.1) is 12.7 Å². The van der Waals surface area contributed by atoms with E-state index in [0.29, 0.717) is 22.2 Å². The van der Waals surface area contributed by atoms with Crippen molar-refractivity contribution < 1.29 is 14.0 Å². The van der Waals surface area contributed by atoms with Crippen LogP contribution in [-0.2, 0) is 4.74 Å². The molecule has 0 bridgehead atoms. The van der Waals surface area contributed by atoms with Gasteiger partial charge in [0.1, 0.15) is 5.75 Å². The molecule has 3 nitrogen and oxygen atoms in total. The van der Waals surface area contributed by atoms with Crippen LogP contribution in [0.2, 0.25) is 16.6 Å². The third-order valence-electron chi connectivity index (χ3n) is 4.28. The molecule has 0 radical (unpaired) electrons. The van der Waals surface area contributed by atoms with Crippen molar-refractivity contribution in [2.24, 2.45) is 0 Å². The lowest BCUT2D eigenvalue weighted by molar-refractivity contribution is 0.0600. The van der Waals surface area contributed by atoms with Crippen LogP contribution in [-0.4, -0.2) is 21.4 Å². The Morgan fingerprint density at radius 1 is 0.905 bits per heavy atom. The Morgan fingerprint density at radius 2 is 1.33 bits per heavy atom. The van der Waals surface area contributed by atoms with Gasteiger partial charge >= 0.3 is 5.97 Å². The largest absolute Gasteiger partial charge is 0.543 e. The third kappa shape index (κ3) is 3.67.